The molecule has 1 saturated heterocycles. The summed E-state index contributed by atoms with van der Waals surface area (Å²) in [6.07, 6.45) is 1.46. The first kappa shape index (κ1) is 18.9. The smallest absolute Gasteiger partial charge is 0.332 e. The van der Waals surface area contributed by atoms with Crippen molar-refractivity contribution in [2.24, 2.45) is 0 Å². The second kappa shape index (κ2) is 7.05. The zero-order valence-electron chi connectivity index (χ0n) is 15.1. The molecule has 0 N–H and O–H groups in total. The first-order valence-electron chi connectivity index (χ1n) is 8.00. The number of carbonyl (C=O) groups excluding carboxylic acids is 2. The molecule has 27 heavy (non-hydrogen) atoms. The number of ether oxygens (including phenoxy) is 1. The standard InChI is InChI=1S/C17H19N3O6S/c1-18(2)27(23,24)13-6-7-14(15(9-13)25-3)19-11-16(21)20(17(19)22)10-12-5-4-8-26-12/h4-9H,10-11H2,1-3H3. The summed E-state index contributed by atoms with van der Waals surface area (Å²) in [6, 6.07) is 6.97. The van der Waals surface area contributed by atoms with Gasteiger partial charge < -0.3 is 9.15 Å². The van der Waals surface area contributed by atoms with Gasteiger partial charge in [-0.25, -0.2) is 17.5 Å². The van der Waals surface area contributed by atoms with Crippen molar-refractivity contribution in [2.45, 2.75) is 11.4 Å². The molecule has 0 spiro atoms. The fourth-order valence-electron chi connectivity index (χ4n) is 2.70. The summed E-state index contributed by atoms with van der Waals surface area (Å²) >= 11 is 0. The van der Waals surface area contributed by atoms with Crippen LogP contribution in [-0.4, -0.2) is 57.3 Å². The molecular formula is C17H19N3O6S. The molecule has 0 unspecified atom stereocenters. The molecule has 0 saturated carbocycles. The van der Waals surface area contributed by atoms with Gasteiger partial charge in [0.1, 0.15) is 18.1 Å². The van der Waals surface area contributed by atoms with E-state index >= 15 is 0 Å². The van der Waals surface area contributed by atoms with Gasteiger partial charge in [0, 0.05) is 20.2 Å². The number of urea groups is 1. The summed E-state index contributed by atoms with van der Waals surface area (Å²) in [7, 11) is 0.553. The Labute approximate surface area is 156 Å². The summed E-state index contributed by atoms with van der Waals surface area (Å²) in [4.78, 5) is 27.3. The van der Waals surface area contributed by atoms with Crippen LogP contribution in [0, 0.1) is 0 Å². The van der Waals surface area contributed by atoms with Crippen LogP contribution in [0.15, 0.2) is 45.9 Å². The van der Waals surface area contributed by atoms with Gasteiger partial charge >= 0.3 is 6.03 Å². The van der Waals surface area contributed by atoms with Gasteiger partial charge in [-0.3, -0.25) is 14.6 Å². The Bertz CT molecular complexity index is 969. The number of furan rings is 1. The molecule has 1 aromatic carbocycles. The highest BCUT2D eigenvalue weighted by atomic mass is 32.2. The monoisotopic (exact) mass is 393 g/mol. The van der Waals surface area contributed by atoms with Crippen molar-refractivity contribution in [2.75, 3.05) is 32.6 Å². The van der Waals surface area contributed by atoms with E-state index in [1.807, 2.05) is 0 Å². The molecule has 0 radical (unpaired) electrons. The molecule has 144 valence electrons. The number of carbonyl (C=O) groups is 2. The summed E-state index contributed by atoms with van der Waals surface area (Å²) in [5, 5.41) is 0. The van der Waals surface area contributed by atoms with Crippen molar-refractivity contribution in [1.82, 2.24) is 9.21 Å². The number of hydrogen-bond donors (Lipinski definition) is 0. The number of sulfonamides is 1. The molecule has 1 aromatic heterocycles. The van der Waals surface area contributed by atoms with E-state index in [0.29, 0.717) is 11.4 Å². The first-order valence-corrected chi connectivity index (χ1v) is 9.44. The molecule has 0 aliphatic carbocycles. The highest BCUT2D eigenvalue weighted by Gasteiger charge is 2.38. The lowest BCUT2D eigenvalue weighted by Gasteiger charge is -2.20. The normalized spacial score (nSPS) is 15.1. The van der Waals surface area contributed by atoms with Gasteiger partial charge in [-0.2, -0.15) is 0 Å². The molecule has 2 aromatic rings. The van der Waals surface area contributed by atoms with E-state index < -0.39 is 16.1 Å². The third-order valence-electron chi connectivity index (χ3n) is 4.17. The third-order valence-corrected chi connectivity index (χ3v) is 5.98. The topological polar surface area (TPSA) is 100 Å². The van der Waals surface area contributed by atoms with Crippen molar-refractivity contribution in [3.05, 3.63) is 42.4 Å². The van der Waals surface area contributed by atoms with E-state index in [9.17, 15) is 18.0 Å². The van der Waals surface area contributed by atoms with Crippen molar-refractivity contribution in [3.63, 3.8) is 0 Å². The maximum atomic E-state index is 12.7. The van der Waals surface area contributed by atoms with Crippen molar-refractivity contribution >= 4 is 27.6 Å². The van der Waals surface area contributed by atoms with Gasteiger partial charge in [-0.05, 0) is 24.3 Å². The molecule has 0 bridgehead atoms. The Hall–Kier alpha value is -2.85. The largest absolute Gasteiger partial charge is 0.495 e. The molecule has 1 aliphatic heterocycles. The first-order chi connectivity index (χ1) is 12.8. The maximum absolute atomic E-state index is 12.7. The fourth-order valence-corrected chi connectivity index (χ4v) is 3.61. The van der Waals surface area contributed by atoms with Crippen LogP contribution in [0.3, 0.4) is 0 Å². The Morgan fingerprint density at radius 1 is 1.22 bits per heavy atom. The second-order valence-corrected chi connectivity index (χ2v) is 8.20. The predicted molar refractivity (Wildman–Crippen MR) is 95.9 cm³/mol. The molecule has 2 heterocycles. The minimum Gasteiger partial charge on any atom is -0.495 e. The van der Waals surface area contributed by atoms with Gasteiger partial charge in [0.25, 0.3) is 5.91 Å². The Balaban J connectivity index is 1.92. The highest BCUT2D eigenvalue weighted by molar-refractivity contribution is 7.89. The SMILES string of the molecule is COc1cc(S(=O)(=O)N(C)C)ccc1N1CC(=O)N(Cc2ccco2)C1=O. The Morgan fingerprint density at radius 2 is 1.96 bits per heavy atom. The lowest BCUT2D eigenvalue weighted by atomic mass is 10.2. The van der Waals surface area contributed by atoms with Crippen molar-refractivity contribution < 1.29 is 27.2 Å². The van der Waals surface area contributed by atoms with Gasteiger partial charge in [0.05, 0.1) is 30.5 Å². The molecule has 10 heteroatoms. The fraction of sp³-hybridized carbons (Fsp3) is 0.294. The Morgan fingerprint density at radius 3 is 2.56 bits per heavy atom. The van der Waals surface area contributed by atoms with Crippen LogP contribution in [0.2, 0.25) is 0 Å². The Kier molecular flexibility index (Phi) is 4.94. The number of amides is 3. The summed E-state index contributed by atoms with van der Waals surface area (Å²) < 4.78 is 36.1. The number of hydrogen-bond acceptors (Lipinski definition) is 6. The predicted octanol–water partition coefficient (Wildman–Crippen LogP) is 1.51. The van der Waals surface area contributed by atoms with Crippen LogP contribution in [0.1, 0.15) is 5.76 Å². The van der Waals surface area contributed by atoms with Crippen LogP contribution >= 0.6 is 0 Å². The minimum atomic E-state index is -3.66. The molecule has 3 rings (SSSR count). The molecule has 1 aliphatic rings. The number of anilines is 1. The quantitative estimate of drug-likeness (QED) is 0.690. The van der Waals surface area contributed by atoms with Crippen LogP contribution in [-0.2, 0) is 21.4 Å². The number of benzene rings is 1. The van der Waals surface area contributed by atoms with E-state index in [1.54, 1.807) is 12.1 Å². The minimum absolute atomic E-state index is 0.0244. The average Bonchev–Trinajstić information content (AvgIpc) is 3.24. The maximum Gasteiger partial charge on any atom is 0.332 e. The van der Waals surface area contributed by atoms with Crippen LogP contribution in [0.25, 0.3) is 0 Å². The number of methoxy groups -OCH3 is 1. The van der Waals surface area contributed by atoms with Crippen molar-refractivity contribution in [1.29, 1.82) is 0 Å². The van der Waals surface area contributed by atoms with Gasteiger partial charge in [0.2, 0.25) is 10.0 Å². The van der Waals surface area contributed by atoms with E-state index in [-0.39, 0.29) is 29.6 Å². The molecule has 3 amide bonds. The van der Waals surface area contributed by atoms with Crippen molar-refractivity contribution in [3.8, 4) is 5.75 Å². The van der Waals surface area contributed by atoms with E-state index in [0.717, 1.165) is 9.21 Å². The van der Waals surface area contributed by atoms with Crippen LogP contribution in [0.5, 0.6) is 5.75 Å². The van der Waals surface area contributed by atoms with E-state index in [1.165, 1.54) is 50.6 Å². The van der Waals surface area contributed by atoms with Crippen LogP contribution in [0.4, 0.5) is 10.5 Å². The molecule has 9 nitrogen and oxygen atoms in total. The average molecular weight is 393 g/mol. The molecule has 0 atom stereocenters. The van der Waals surface area contributed by atoms with E-state index in [4.69, 9.17) is 9.15 Å². The zero-order chi connectivity index (χ0) is 19.8. The van der Waals surface area contributed by atoms with Gasteiger partial charge in [0.15, 0.2) is 0 Å². The number of imide groups is 1. The number of rotatable bonds is 6. The van der Waals surface area contributed by atoms with E-state index in [2.05, 4.69) is 0 Å². The summed E-state index contributed by atoms with van der Waals surface area (Å²) in [5.41, 5.74) is 0.315. The highest BCUT2D eigenvalue weighted by Crippen LogP contribution is 2.34. The summed E-state index contributed by atoms with van der Waals surface area (Å²) in [6.45, 7) is -0.147. The second-order valence-electron chi connectivity index (χ2n) is 6.05. The van der Waals surface area contributed by atoms with Crippen LogP contribution < -0.4 is 9.64 Å². The van der Waals surface area contributed by atoms with Gasteiger partial charge in [-0.1, -0.05) is 0 Å². The van der Waals surface area contributed by atoms with Gasteiger partial charge in [-0.15, -0.1) is 0 Å². The number of nitrogens with zero attached hydrogens (tertiary/aromatic N) is 3. The summed E-state index contributed by atoms with van der Waals surface area (Å²) in [5.74, 6) is 0.278. The molecule has 1 fully saturated rings. The lowest BCUT2D eigenvalue weighted by Crippen LogP contribution is -2.32. The zero-order valence-corrected chi connectivity index (χ0v) is 15.9. The molecular weight excluding hydrogens is 374 g/mol. The lowest BCUT2D eigenvalue weighted by molar-refractivity contribution is -0.125. The third kappa shape index (κ3) is 3.40.